The zero-order valence-electron chi connectivity index (χ0n) is 14.7. The van der Waals surface area contributed by atoms with E-state index in [1.165, 1.54) is 0 Å². The zero-order valence-corrected chi connectivity index (χ0v) is 15.5. The van der Waals surface area contributed by atoms with Crippen molar-refractivity contribution < 1.29 is 8.42 Å². The van der Waals surface area contributed by atoms with Crippen LogP contribution in [0.15, 0.2) is 77.7 Å². The molecule has 0 atom stereocenters. The van der Waals surface area contributed by atoms with Gasteiger partial charge in [-0.1, -0.05) is 48.2 Å². The highest BCUT2D eigenvalue weighted by molar-refractivity contribution is 7.92. The van der Waals surface area contributed by atoms with Gasteiger partial charge in [-0.15, -0.1) is 0 Å². The van der Waals surface area contributed by atoms with Gasteiger partial charge in [0, 0.05) is 11.1 Å². The Bertz CT molecular complexity index is 1090. The Morgan fingerprint density at radius 2 is 1.46 bits per heavy atom. The molecule has 0 fully saturated rings. The molecule has 0 amide bonds. The second-order valence-corrected chi connectivity index (χ2v) is 7.70. The van der Waals surface area contributed by atoms with Crippen molar-refractivity contribution in [1.82, 2.24) is 0 Å². The highest BCUT2D eigenvalue weighted by atomic mass is 32.2. The molecular weight excluding hydrogens is 342 g/mol. The second-order valence-electron chi connectivity index (χ2n) is 6.01. The molecule has 0 unspecified atom stereocenters. The summed E-state index contributed by atoms with van der Waals surface area (Å²) in [5.74, 6) is 6.11. The lowest BCUT2D eigenvalue weighted by Gasteiger charge is -2.11. The third-order valence-corrected chi connectivity index (χ3v) is 5.44. The predicted octanol–water partition coefficient (Wildman–Crippen LogP) is 4.50. The fourth-order valence-corrected chi connectivity index (χ4v) is 3.59. The van der Waals surface area contributed by atoms with E-state index in [0.29, 0.717) is 11.3 Å². The smallest absolute Gasteiger partial charge is 0.261 e. The zero-order chi connectivity index (χ0) is 18.6. The number of benzene rings is 3. The number of anilines is 1. The molecule has 0 spiro atoms. The Kier molecular flexibility index (Phi) is 5.11. The Balaban J connectivity index is 1.93. The summed E-state index contributed by atoms with van der Waals surface area (Å²) in [5, 5.41) is 0. The lowest BCUT2D eigenvalue weighted by molar-refractivity contribution is 0.601. The molecular formula is C22H19NO2S. The van der Waals surface area contributed by atoms with Gasteiger partial charge in [-0.3, -0.25) is 4.72 Å². The van der Waals surface area contributed by atoms with E-state index in [1.54, 1.807) is 30.3 Å². The van der Waals surface area contributed by atoms with Gasteiger partial charge in [-0.25, -0.2) is 8.42 Å². The summed E-state index contributed by atoms with van der Waals surface area (Å²) < 4.78 is 28.1. The SMILES string of the molecule is Cc1ccc(S(=O)(=O)Nc2ccccc2C#Cc2ccccc2)cc1C. The third kappa shape index (κ3) is 4.14. The van der Waals surface area contributed by atoms with E-state index in [1.807, 2.05) is 56.3 Å². The van der Waals surface area contributed by atoms with Crippen molar-refractivity contribution >= 4 is 15.7 Å². The van der Waals surface area contributed by atoms with Crippen molar-refractivity contribution in [3.63, 3.8) is 0 Å². The number of aryl methyl sites for hydroxylation is 2. The van der Waals surface area contributed by atoms with Crippen molar-refractivity contribution in [2.75, 3.05) is 4.72 Å². The summed E-state index contributed by atoms with van der Waals surface area (Å²) in [6.45, 7) is 3.85. The van der Waals surface area contributed by atoms with E-state index in [9.17, 15) is 8.42 Å². The molecule has 0 aliphatic rings. The lowest BCUT2D eigenvalue weighted by Crippen LogP contribution is -2.14. The molecule has 0 aromatic heterocycles. The minimum absolute atomic E-state index is 0.242. The number of nitrogens with one attached hydrogen (secondary N) is 1. The van der Waals surface area contributed by atoms with Crippen molar-refractivity contribution in [1.29, 1.82) is 0 Å². The summed E-state index contributed by atoms with van der Waals surface area (Å²) in [5.41, 5.74) is 3.96. The average Bonchev–Trinajstić information content (AvgIpc) is 2.64. The quantitative estimate of drug-likeness (QED) is 0.698. The first kappa shape index (κ1) is 17.8. The number of para-hydroxylation sites is 1. The highest BCUT2D eigenvalue weighted by Crippen LogP contribution is 2.21. The fourth-order valence-electron chi connectivity index (χ4n) is 2.43. The molecule has 3 nitrogen and oxygen atoms in total. The maximum atomic E-state index is 12.7. The van der Waals surface area contributed by atoms with Crippen LogP contribution in [0.5, 0.6) is 0 Å². The van der Waals surface area contributed by atoms with Crippen LogP contribution in [0.25, 0.3) is 0 Å². The largest absolute Gasteiger partial charge is 0.278 e. The third-order valence-electron chi connectivity index (χ3n) is 4.08. The Hall–Kier alpha value is -3.03. The van der Waals surface area contributed by atoms with Gasteiger partial charge < -0.3 is 0 Å². The molecule has 26 heavy (non-hydrogen) atoms. The monoisotopic (exact) mass is 361 g/mol. The van der Waals surface area contributed by atoms with Crippen molar-refractivity contribution in [3.8, 4) is 11.8 Å². The molecule has 130 valence electrons. The van der Waals surface area contributed by atoms with E-state index in [-0.39, 0.29) is 4.90 Å². The van der Waals surface area contributed by atoms with Gasteiger partial charge in [0.25, 0.3) is 10.0 Å². The van der Waals surface area contributed by atoms with E-state index in [0.717, 1.165) is 16.7 Å². The summed E-state index contributed by atoms with van der Waals surface area (Å²) in [7, 11) is -3.68. The van der Waals surface area contributed by atoms with Crippen LogP contribution in [0.3, 0.4) is 0 Å². The molecule has 4 heteroatoms. The van der Waals surface area contributed by atoms with Gasteiger partial charge >= 0.3 is 0 Å². The molecule has 0 aliphatic carbocycles. The molecule has 0 aliphatic heterocycles. The molecule has 0 saturated carbocycles. The van der Waals surface area contributed by atoms with E-state index < -0.39 is 10.0 Å². The lowest BCUT2D eigenvalue weighted by atomic mass is 10.1. The topological polar surface area (TPSA) is 46.2 Å². The van der Waals surface area contributed by atoms with Crippen molar-refractivity contribution in [2.45, 2.75) is 18.7 Å². The van der Waals surface area contributed by atoms with Crippen LogP contribution in [0, 0.1) is 25.7 Å². The van der Waals surface area contributed by atoms with Gasteiger partial charge in [0.1, 0.15) is 0 Å². The molecule has 0 bridgehead atoms. The minimum atomic E-state index is -3.68. The summed E-state index contributed by atoms with van der Waals surface area (Å²) in [6, 6.07) is 21.8. The summed E-state index contributed by atoms with van der Waals surface area (Å²) in [4.78, 5) is 0.242. The number of sulfonamides is 1. The van der Waals surface area contributed by atoms with Gasteiger partial charge in [0.05, 0.1) is 10.6 Å². The summed E-state index contributed by atoms with van der Waals surface area (Å²) in [6.07, 6.45) is 0. The van der Waals surface area contributed by atoms with Gasteiger partial charge in [-0.05, 0) is 61.4 Å². The molecule has 3 aromatic rings. The van der Waals surface area contributed by atoms with Crippen molar-refractivity contribution in [3.05, 3.63) is 95.1 Å². The van der Waals surface area contributed by atoms with Crippen LogP contribution in [0.2, 0.25) is 0 Å². The van der Waals surface area contributed by atoms with E-state index in [4.69, 9.17) is 0 Å². The molecule has 0 heterocycles. The Morgan fingerprint density at radius 3 is 2.19 bits per heavy atom. The number of hydrogen-bond acceptors (Lipinski definition) is 2. The van der Waals surface area contributed by atoms with Crippen LogP contribution >= 0.6 is 0 Å². The van der Waals surface area contributed by atoms with Crippen LogP contribution in [-0.4, -0.2) is 8.42 Å². The van der Waals surface area contributed by atoms with Crippen LogP contribution in [0.1, 0.15) is 22.3 Å². The predicted molar refractivity (Wildman–Crippen MR) is 106 cm³/mol. The maximum Gasteiger partial charge on any atom is 0.261 e. The highest BCUT2D eigenvalue weighted by Gasteiger charge is 2.16. The van der Waals surface area contributed by atoms with E-state index in [2.05, 4.69) is 16.6 Å². The molecule has 1 N–H and O–H groups in total. The second kappa shape index (κ2) is 7.47. The number of hydrogen-bond donors (Lipinski definition) is 1. The molecule has 0 saturated heterocycles. The van der Waals surface area contributed by atoms with Gasteiger partial charge in [-0.2, -0.15) is 0 Å². The van der Waals surface area contributed by atoms with E-state index >= 15 is 0 Å². The standard InChI is InChI=1S/C22H19NO2S/c1-17-12-15-21(16-18(17)2)26(24,25)23-22-11-7-6-10-20(22)14-13-19-8-4-3-5-9-19/h3-12,15-16,23H,1-2H3. The van der Waals surface area contributed by atoms with Gasteiger partial charge in [0.15, 0.2) is 0 Å². The Morgan fingerprint density at radius 1 is 0.769 bits per heavy atom. The van der Waals surface area contributed by atoms with Crippen LogP contribution in [-0.2, 0) is 10.0 Å². The molecule has 3 aromatic carbocycles. The fraction of sp³-hybridized carbons (Fsp3) is 0.0909. The molecule has 0 radical (unpaired) electrons. The first-order chi connectivity index (χ1) is 12.5. The summed E-state index contributed by atoms with van der Waals surface area (Å²) >= 11 is 0. The average molecular weight is 361 g/mol. The van der Waals surface area contributed by atoms with Crippen LogP contribution < -0.4 is 4.72 Å². The first-order valence-corrected chi connectivity index (χ1v) is 9.70. The first-order valence-electron chi connectivity index (χ1n) is 8.22. The van der Waals surface area contributed by atoms with Crippen molar-refractivity contribution in [2.24, 2.45) is 0 Å². The van der Waals surface area contributed by atoms with Gasteiger partial charge in [0.2, 0.25) is 0 Å². The minimum Gasteiger partial charge on any atom is -0.278 e. The Labute approximate surface area is 154 Å². The number of rotatable bonds is 3. The normalized spacial score (nSPS) is 10.7. The molecule has 3 rings (SSSR count). The van der Waals surface area contributed by atoms with Crippen LogP contribution in [0.4, 0.5) is 5.69 Å². The maximum absolute atomic E-state index is 12.7.